The molecule has 5 N–H and O–H groups in total. The third kappa shape index (κ3) is 6.00. The molecule has 0 aromatic heterocycles. The molecule has 2 aromatic rings. The Balaban J connectivity index is 2.35. The molecule has 0 bridgehead atoms. The van der Waals surface area contributed by atoms with Crippen molar-refractivity contribution in [1.29, 1.82) is 0 Å². The van der Waals surface area contributed by atoms with E-state index in [1.54, 1.807) is 0 Å². The minimum Gasteiger partial charge on any atom is -0.481 e. The number of nitrogens with two attached hydrogens (primary N) is 1. The summed E-state index contributed by atoms with van der Waals surface area (Å²) in [6.07, 6.45) is -0.244. The predicted molar refractivity (Wildman–Crippen MR) is 108 cm³/mol. The molecule has 0 aliphatic heterocycles. The number of hydrogen-bond acceptors (Lipinski definition) is 6. The minimum absolute atomic E-state index is 0.0318. The van der Waals surface area contributed by atoms with E-state index in [0.29, 0.717) is 11.1 Å². The molecule has 10 nitrogen and oxygen atoms in total. The summed E-state index contributed by atoms with van der Waals surface area (Å²) in [4.78, 5) is 44.7. The Bertz CT molecular complexity index is 1010. The van der Waals surface area contributed by atoms with Gasteiger partial charge in [0.05, 0.1) is 15.6 Å². The first kappa shape index (κ1) is 22.8. The van der Waals surface area contributed by atoms with Gasteiger partial charge in [0, 0.05) is 24.1 Å². The number of carboxylic acids is 2. The molecule has 0 spiro atoms. The highest BCUT2D eigenvalue weighted by Gasteiger charge is 2.19. The van der Waals surface area contributed by atoms with Crippen molar-refractivity contribution in [3.8, 4) is 0 Å². The summed E-state index contributed by atoms with van der Waals surface area (Å²) in [5, 5.41) is 31.5. The number of aliphatic carboxylic acids is 2. The molecule has 0 aliphatic rings. The van der Waals surface area contributed by atoms with Crippen LogP contribution in [0.3, 0.4) is 0 Å². The van der Waals surface area contributed by atoms with Crippen molar-refractivity contribution in [2.24, 2.45) is 5.73 Å². The Hall–Kier alpha value is -3.50. The Kier molecular flexibility index (Phi) is 7.45. The number of nitro groups is 1. The lowest BCUT2D eigenvalue weighted by Gasteiger charge is -2.16. The highest BCUT2D eigenvalue weighted by molar-refractivity contribution is 6.34. The van der Waals surface area contributed by atoms with Crippen LogP contribution in [0.1, 0.15) is 27.9 Å². The largest absolute Gasteiger partial charge is 0.481 e. The maximum Gasteiger partial charge on any atom is 0.320 e. The molecule has 0 saturated heterocycles. The Morgan fingerprint density at radius 1 is 1.17 bits per heavy atom. The lowest BCUT2D eigenvalue weighted by atomic mass is 9.96. The predicted octanol–water partition coefficient (Wildman–Crippen LogP) is 2.47. The van der Waals surface area contributed by atoms with Gasteiger partial charge in [0.25, 0.3) is 11.6 Å². The number of nitrogens with one attached hydrogen (secondary N) is 1. The SMILES string of the molecule is N[C@@H](Cc1cc(Cl)c(NC(=O)c2cccc([N+](=O)[O-])c2)cc1CCC(=O)O)C(=O)O. The van der Waals surface area contributed by atoms with E-state index in [9.17, 15) is 24.5 Å². The van der Waals surface area contributed by atoms with E-state index >= 15 is 0 Å². The van der Waals surface area contributed by atoms with Crippen molar-refractivity contribution in [1.82, 2.24) is 0 Å². The molecule has 11 heteroatoms. The summed E-state index contributed by atoms with van der Waals surface area (Å²) in [7, 11) is 0. The number of hydrogen-bond donors (Lipinski definition) is 4. The number of rotatable bonds is 9. The summed E-state index contributed by atoms with van der Waals surface area (Å²) in [6, 6.07) is 6.76. The van der Waals surface area contributed by atoms with E-state index in [1.807, 2.05) is 0 Å². The number of nitro benzene ring substituents is 1. The van der Waals surface area contributed by atoms with Crippen molar-refractivity contribution in [2.45, 2.75) is 25.3 Å². The molecule has 0 heterocycles. The molecular weight excluding hydrogens is 418 g/mol. The van der Waals surface area contributed by atoms with Gasteiger partial charge in [-0.3, -0.25) is 24.5 Å². The monoisotopic (exact) mass is 435 g/mol. The fraction of sp³-hybridized carbons (Fsp3) is 0.211. The lowest BCUT2D eigenvalue weighted by Crippen LogP contribution is -2.32. The van der Waals surface area contributed by atoms with Crippen LogP contribution in [-0.4, -0.2) is 39.0 Å². The third-order valence-corrected chi connectivity index (χ3v) is 4.53. The van der Waals surface area contributed by atoms with Crippen LogP contribution in [0.5, 0.6) is 0 Å². The van der Waals surface area contributed by atoms with Crippen molar-refractivity contribution in [3.05, 3.63) is 68.2 Å². The van der Waals surface area contributed by atoms with Gasteiger partial charge in [-0.2, -0.15) is 0 Å². The van der Waals surface area contributed by atoms with Crippen molar-refractivity contribution >= 4 is 40.8 Å². The number of amides is 1. The molecule has 2 aromatic carbocycles. The lowest BCUT2D eigenvalue weighted by molar-refractivity contribution is -0.384. The average molecular weight is 436 g/mol. The van der Waals surface area contributed by atoms with E-state index in [-0.39, 0.29) is 41.2 Å². The van der Waals surface area contributed by atoms with Crippen LogP contribution in [0.4, 0.5) is 11.4 Å². The van der Waals surface area contributed by atoms with Crippen LogP contribution in [0.2, 0.25) is 5.02 Å². The van der Waals surface area contributed by atoms with Gasteiger partial charge in [0.1, 0.15) is 6.04 Å². The van der Waals surface area contributed by atoms with Crippen LogP contribution < -0.4 is 11.1 Å². The highest BCUT2D eigenvalue weighted by atomic mass is 35.5. The molecular formula is C19H18ClN3O7. The van der Waals surface area contributed by atoms with E-state index in [4.69, 9.17) is 27.5 Å². The fourth-order valence-corrected chi connectivity index (χ4v) is 2.93. The van der Waals surface area contributed by atoms with E-state index in [2.05, 4.69) is 5.32 Å². The molecule has 1 atom stereocenters. The molecule has 2 rings (SSSR count). The first-order valence-electron chi connectivity index (χ1n) is 8.65. The van der Waals surface area contributed by atoms with Gasteiger partial charge in [0.2, 0.25) is 0 Å². The van der Waals surface area contributed by atoms with Crippen LogP contribution in [-0.2, 0) is 22.4 Å². The summed E-state index contributed by atoms with van der Waals surface area (Å²) < 4.78 is 0. The molecule has 0 saturated carbocycles. The second-order valence-corrected chi connectivity index (χ2v) is 6.81. The van der Waals surface area contributed by atoms with Gasteiger partial charge in [-0.25, -0.2) is 0 Å². The maximum absolute atomic E-state index is 12.5. The number of halogens is 1. The molecule has 0 radical (unpaired) electrons. The van der Waals surface area contributed by atoms with Crippen LogP contribution >= 0.6 is 11.6 Å². The minimum atomic E-state index is -1.22. The Labute approximate surface area is 175 Å². The summed E-state index contributed by atoms with van der Waals surface area (Å²) in [5.74, 6) is -2.93. The van der Waals surface area contributed by atoms with Gasteiger partial charge >= 0.3 is 11.9 Å². The van der Waals surface area contributed by atoms with Gasteiger partial charge in [-0.1, -0.05) is 17.7 Å². The Morgan fingerprint density at radius 3 is 2.47 bits per heavy atom. The van der Waals surface area contributed by atoms with Crippen LogP contribution in [0.15, 0.2) is 36.4 Å². The fourth-order valence-electron chi connectivity index (χ4n) is 2.70. The van der Waals surface area contributed by atoms with Gasteiger partial charge < -0.3 is 21.3 Å². The molecule has 30 heavy (non-hydrogen) atoms. The zero-order valence-electron chi connectivity index (χ0n) is 15.5. The maximum atomic E-state index is 12.5. The van der Waals surface area contributed by atoms with Gasteiger partial charge in [-0.05, 0) is 42.2 Å². The zero-order chi connectivity index (χ0) is 22.4. The summed E-state index contributed by atoms with van der Waals surface area (Å²) in [5.41, 5.74) is 6.42. The van der Waals surface area contributed by atoms with Gasteiger partial charge in [0.15, 0.2) is 0 Å². The molecule has 158 valence electrons. The average Bonchev–Trinajstić information content (AvgIpc) is 2.68. The first-order valence-corrected chi connectivity index (χ1v) is 9.03. The van der Waals surface area contributed by atoms with Crippen molar-refractivity contribution < 1.29 is 29.5 Å². The van der Waals surface area contributed by atoms with E-state index in [0.717, 1.165) is 6.07 Å². The second-order valence-electron chi connectivity index (χ2n) is 6.40. The molecule has 0 fully saturated rings. The number of non-ortho nitro benzene ring substituents is 1. The smallest absolute Gasteiger partial charge is 0.320 e. The van der Waals surface area contributed by atoms with Crippen LogP contribution in [0.25, 0.3) is 0 Å². The molecule has 1 amide bonds. The quantitative estimate of drug-likeness (QED) is 0.343. The van der Waals surface area contributed by atoms with Crippen LogP contribution in [0, 0.1) is 10.1 Å². The number of aryl methyl sites for hydroxylation is 1. The number of carboxylic acid groups (broad SMARTS) is 2. The first-order chi connectivity index (χ1) is 14.1. The number of carbonyl (C=O) groups excluding carboxylic acids is 1. The summed E-state index contributed by atoms with van der Waals surface area (Å²) >= 11 is 6.21. The number of nitrogens with zero attached hydrogens (tertiary/aromatic N) is 1. The zero-order valence-corrected chi connectivity index (χ0v) is 16.3. The third-order valence-electron chi connectivity index (χ3n) is 4.22. The Morgan fingerprint density at radius 2 is 1.87 bits per heavy atom. The second kappa shape index (κ2) is 9.81. The van der Waals surface area contributed by atoms with E-state index < -0.39 is 28.8 Å². The standard InChI is InChI=1S/C19H18ClN3O7/c20-14-7-12(8-15(21)19(27)28)10(4-5-17(24)25)9-16(14)22-18(26)11-2-1-3-13(6-11)23(29)30/h1-3,6-7,9,15H,4-5,8,21H2,(H,22,26)(H,24,25)(H,27,28)/t15-/m0/s1. The molecule has 0 aliphatic carbocycles. The van der Waals surface area contributed by atoms with Crippen molar-refractivity contribution in [2.75, 3.05) is 5.32 Å². The summed E-state index contributed by atoms with van der Waals surface area (Å²) in [6.45, 7) is 0. The van der Waals surface area contributed by atoms with Crippen molar-refractivity contribution in [3.63, 3.8) is 0 Å². The number of benzene rings is 2. The topological polar surface area (TPSA) is 173 Å². The highest BCUT2D eigenvalue weighted by Crippen LogP contribution is 2.29. The van der Waals surface area contributed by atoms with Gasteiger partial charge in [-0.15, -0.1) is 0 Å². The normalized spacial score (nSPS) is 11.5. The van der Waals surface area contributed by atoms with E-state index in [1.165, 1.54) is 30.3 Å². The molecule has 0 unspecified atom stereocenters. The number of anilines is 1. The number of carbonyl (C=O) groups is 3.